The van der Waals surface area contributed by atoms with Gasteiger partial charge in [0.25, 0.3) is 5.22 Å². The minimum absolute atomic E-state index is 0.0514. The highest BCUT2D eigenvalue weighted by molar-refractivity contribution is 7.99. The van der Waals surface area contributed by atoms with Crippen molar-refractivity contribution in [3.63, 3.8) is 0 Å². The van der Waals surface area contributed by atoms with E-state index in [-0.39, 0.29) is 17.7 Å². The average molecular weight is 393 g/mol. The van der Waals surface area contributed by atoms with Crippen molar-refractivity contribution in [3.8, 4) is 0 Å². The molecule has 0 spiro atoms. The number of methoxy groups -OCH3 is 1. The first kappa shape index (κ1) is 19.8. The number of halogens is 1. The molecular formula is C19H24FN3O3S. The molecule has 2 aromatic rings. The molecule has 1 aliphatic heterocycles. The molecule has 1 aromatic heterocycles. The third-order valence-corrected chi connectivity index (χ3v) is 5.56. The van der Waals surface area contributed by atoms with Gasteiger partial charge in [0.15, 0.2) is 0 Å². The van der Waals surface area contributed by atoms with Gasteiger partial charge in [0.2, 0.25) is 5.89 Å². The quantitative estimate of drug-likeness (QED) is 0.388. The number of thioether (sulfide) groups is 1. The van der Waals surface area contributed by atoms with E-state index < -0.39 is 0 Å². The number of carbonyl (C=O) groups excluding carboxylic acids is 1. The van der Waals surface area contributed by atoms with Gasteiger partial charge in [0.05, 0.1) is 19.4 Å². The first-order valence-electron chi connectivity index (χ1n) is 9.14. The number of aromatic nitrogens is 2. The summed E-state index contributed by atoms with van der Waals surface area (Å²) in [6, 6.07) is 6.39. The lowest BCUT2D eigenvalue weighted by Crippen LogP contribution is -2.37. The van der Waals surface area contributed by atoms with E-state index in [1.54, 1.807) is 6.07 Å². The van der Waals surface area contributed by atoms with Crippen LogP contribution in [0.15, 0.2) is 33.9 Å². The molecule has 1 fully saturated rings. The van der Waals surface area contributed by atoms with Crippen LogP contribution in [0.2, 0.25) is 0 Å². The number of carbonyl (C=O) groups is 1. The van der Waals surface area contributed by atoms with E-state index in [9.17, 15) is 9.18 Å². The van der Waals surface area contributed by atoms with E-state index in [0.29, 0.717) is 17.5 Å². The first-order chi connectivity index (χ1) is 13.1. The maximum atomic E-state index is 13.2. The Balaban J connectivity index is 1.34. The Morgan fingerprint density at radius 1 is 1.37 bits per heavy atom. The average Bonchev–Trinajstić information content (AvgIpc) is 3.12. The van der Waals surface area contributed by atoms with Crippen molar-refractivity contribution in [2.24, 2.45) is 5.92 Å². The van der Waals surface area contributed by atoms with Crippen LogP contribution in [0.1, 0.15) is 30.7 Å². The van der Waals surface area contributed by atoms with Gasteiger partial charge in [-0.1, -0.05) is 23.9 Å². The Labute approximate surface area is 162 Å². The molecule has 27 heavy (non-hydrogen) atoms. The normalized spacial score (nSPS) is 15.8. The van der Waals surface area contributed by atoms with Crippen LogP contribution in [0, 0.1) is 11.7 Å². The SMILES string of the molecule is COC(=O)C1CCN(CCCSc2nnc(Cc3cccc(F)c3)o2)CC1. The predicted molar refractivity (Wildman–Crippen MR) is 100 cm³/mol. The number of esters is 1. The minimum atomic E-state index is -0.266. The molecule has 2 heterocycles. The van der Waals surface area contributed by atoms with Gasteiger partial charge < -0.3 is 14.1 Å². The fourth-order valence-corrected chi connectivity index (χ4v) is 3.90. The van der Waals surface area contributed by atoms with Gasteiger partial charge in [-0.2, -0.15) is 0 Å². The summed E-state index contributed by atoms with van der Waals surface area (Å²) in [6.45, 7) is 2.86. The molecule has 0 saturated carbocycles. The van der Waals surface area contributed by atoms with E-state index in [1.807, 2.05) is 6.07 Å². The van der Waals surface area contributed by atoms with Crippen LogP contribution in [0.3, 0.4) is 0 Å². The summed E-state index contributed by atoms with van der Waals surface area (Å²) in [7, 11) is 1.45. The van der Waals surface area contributed by atoms with E-state index in [4.69, 9.17) is 9.15 Å². The number of piperidine rings is 1. The van der Waals surface area contributed by atoms with E-state index >= 15 is 0 Å². The molecule has 0 aliphatic carbocycles. The van der Waals surface area contributed by atoms with Crippen LogP contribution in [-0.2, 0) is 16.0 Å². The summed E-state index contributed by atoms with van der Waals surface area (Å²) in [6.07, 6.45) is 3.18. The molecule has 3 rings (SSSR count). The molecule has 0 radical (unpaired) electrons. The number of hydrogen-bond donors (Lipinski definition) is 0. The van der Waals surface area contributed by atoms with Crippen LogP contribution in [0.5, 0.6) is 0 Å². The zero-order valence-corrected chi connectivity index (χ0v) is 16.2. The Morgan fingerprint density at radius 2 is 2.19 bits per heavy atom. The molecule has 0 unspecified atom stereocenters. The molecule has 146 valence electrons. The molecule has 0 atom stereocenters. The maximum Gasteiger partial charge on any atom is 0.308 e. The van der Waals surface area contributed by atoms with Gasteiger partial charge in [-0.05, 0) is 56.6 Å². The number of ether oxygens (including phenoxy) is 1. The lowest BCUT2D eigenvalue weighted by Gasteiger charge is -2.30. The highest BCUT2D eigenvalue weighted by atomic mass is 32.2. The fourth-order valence-electron chi connectivity index (χ4n) is 3.20. The molecule has 0 N–H and O–H groups in total. The third-order valence-electron chi connectivity index (χ3n) is 4.66. The molecule has 1 aromatic carbocycles. The van der Waals surface area contributed by atoms with Crippen molar-refractivity contribution in [2.45, 2.75) is 30.9 Å². The van der Waals surface area contributed by atoms with E-state index in [1.165, 1.54) is 31.0 Å². The largest absolute Gasteiger partial charge is 0.469 e. The van der Waals surface area contributed by atoms with Gasteiger partial charge in [-0.3, -0.25) is 4.79 Å². The van der Waals surface area contributed by atoms with E-state index in [2.05, 4.69) is 15.1 Å². The van der Waals surface area contributed by atoms with Gasteiger partial charge in [0, 0.05) is 5.75 Å². The molecule has 6 nitrogen and oxygen atoms in total. The summed E-state index contributed by atoms with van der Waals surface area (Å²) in [4.78, 5) is 13.9. The number of nitrogens with zero attached hydrogens (tertiary/aromatic N) is 3. The van der Waals surface area contributed by atoms with Crippen molar-refractivity contribution in [1.82, 2.24) is 15.1 Å². The van der Waals surface area contributed by atoms with Gasteiger partial charge in [-0.25, -0.2) is 4.39 Å². The topological polar surface area (TPSA) is 68.5 Å². The smallest absolute Gasteiger partial charge is 0.308 e. The number of hydrogen-bond acceptors (Lipinski definition) is 7. The molecule has 0 amide bonds. The Kier molecular flexibility index (Phi) is 7.23. The third kappa shape index (κ3) is 6.04. The standard InChI is InChI=1S/C19H24FN3O3S/c1-25-18(24)15-6-9-23(10-7-15)8-3-11-27-19-22-21-17(26-19)13-14-4-2-5-16(20)12-14/h2,4-5,12,15H,3,6-11,13H2,1H3. The van der Waals surface area contributed by atoms with Crippen molar-refractivity contribution in [1.29, 1.82) is 0 Å². The van der Waals surface area contributed by atoms with Crippen molar-refractivity contribution in [2.75, 3.05) is 32.5 Å². The Morgan fingerprint density at radius 3 is 2.93 bits per heavy atom. The summed E-state index contributed by atoms with van der Waals surface area (Å²) in [5, 5.41) is 8.62. The van der Waals surface area contributed by atoms with Gasteiger partial charge >= 0.3 is 5.97 Å². The summed E-state index contributed by atoms with van der Waals surface area (Å²) in [5.41, 5.74) is 0.811. The number of rotatable bonds is 8. The zero-order valence-electron chi connectivity index (χ0n) is 15.4. The lowest BCUT2D eigenvalue weighted by molar-refractivity contribution is -0.147. The fraction of sp³-hybridized carbons (Fsp3) is 0.526. The van der Waals surface area contributed by atoms with Gasteiger partial charge in [0.1, 0.15) is 5.82 Å². The summed E-state index contributed by atoms with van der Waals surface area (Å²) in [5.74, 6) is 1.08. The molecule has 1 aliphatic rings. The van der Waals surface area contributed by atoms with Crippen LogP contribution in [0.25, 0.3) is 0 Å². The highest BCUT2D eigenvalue weighted by Crippen LogP contribution is 2.21. The molecule has 0 bridgehead atoms. The second-order valence-electron chi connectivity index (χ2n) is 6.61. The Bertz CT molecular complexity index is 747. The molecular weight excluding hydrogens is 369 g/mol. The van der Waals surface area contributed by atoms with Crippen molar-refractivity contribution < 1.29 is 18.3 Å². The van der Waals surface area contributed by atoms with Gasteiger partial charge in [-0.15, -0.1) is 10.2 Å². The van der Waals surface area contributed by atoms with Crippen LogP contribution < -0.4 is 0 Å². The second-order valence-corrected chi connectivity index (χ2v) is 7.66. The van der Waals surface area contributed by atoms with Crippen LogP contribution >= 0.6 is 11.8 Å². The van der Waals surface area contributed by atoms with Crippen molar-refractivity contribution in [3.05, 3.63) is 41.5 Å². The first-order valence-corrected chi connectivity index (χ1v) is 10.1. The van der Waals surface area contributed by atoms with Crippen LogP contribution in [0.4, 0.5) is 4.39 Å². The maximum absolute atomic E-state index is 13.2. The number of benzene rings is 1. The second kappa shape index (κ2) is 9.85. The zero-order chi connectivity index (χ0) is 19.1. The van der Waals surface area contributed by atoms with Crippen LogP contribution in [-0.4, -0.2) is 53.6 Å². The highest BCUT2D eigenvalue weighted by Gasteiger charge is 2.25. The van der Waals surface area contributed by atoms with Crippen molar-refractivity contribution >= 4 is 17.7 Å². The minimum Gasteiger partial charge on any atom is -0.469 e. The number of likely N-dealkylation sites (tertiary alicyclic amines) is 1. The molecule has 1 saturated heterocycles. The summed E-state index contributed by atoms with van der Waals surface area (Å²) >= 11 is 1.54. The monoisotopic (exact) mass is 393 g/mol. The Hall–Kier alpha value is -1.93. The predicted octanol–water partition coefficient (Wildman–Crippen LogP) is 3.17. The lowest BCUT2D eigenvalue weighted by atomic mass is 9.97. The van der Waals surface area contributed by atoms with E-state index in [0.717, 1.165) is 50.2 Å². The molecule has 8 heteroatoms. The summed E-state index contributed by atoms with van der Waals surface area (Å²) < 4.78 is 23.7.